The summed E-state index contributed by atoms with van der Waals surface area (Å²) >= 11 is 0. The third kappa shape index (κ3) is 6.70. The van der Waals surface area contributed by atoms with Crippen LogP contribution in [0.2, 0.25) is 0 Å². The van der Waals surface area contributed by atoms with Crippen molar-refractivity contribution < 1.29 is 9.84 Å². The number of likely N-dealkylation sites (tertiary alicyclic amines) is 1. The number of ether oxygens (including phenoxy) is 1. The van der Waals surface area contributed by atoms with E-state index in [2.05, 4.69) is 17.1 Å². The van der Waals surface area contributed by atoms with Gasteiger partial charge in [-0.05, 0) is 57.2 Å². The van der Waals surface area contributed by atoms with Crippen LogP contribution in [0.5, 0.6) is 0 Å². The fourth-order valence-corrected chi connectivity index (χ4v) is 2.68. The molecule has 2 unspecified atom stereocenters. The summed E-state index contributed by atoms with van der Waals surface area (Å²) in [5, 5.41) is 13.1. The molecule has 1 aliphatic carbocycles. The van der Waals surface area contributed by atoms with Gasteiger partial charge in [0.25, 0.3) is 0 Å². The molecule has 2 N–H and O–H groups in total. The molecule has 0 aromatic carbocycles. The van der Waals surface area contributed by atoms with Crippen LogP contribution in [-0.4, -0.2) is 62.0 Å². The van der Waals surface area contributed by atoms with Crippen molar-refractivity contribution in [3.8, 4) is 0 Å². The van der Waals surface area contributed by atoms with Crippen LogP contribution in [-0.2, 0) is 4.74 Å². The topological polar surface area (TPSA) is 44.7 Å². The molecule has 1 saturated heterocycles. The van der Waals surface area contributed by atoms with Gasteiger partial charge in [-0.2, -0.15) is 0 Å². The van der Waals surface area contributed by atoms with Gasteiger partial charge in [0.15, 0.2) is 0 Å². The van der Waals surface area contributed by atoms with Crippen molar-refractivity contribution in [3.05, 3.63) is 0 Å². The predicted octanol–water partition coefficient (Wildman–Crippen LogP) is 1.10. The first-order valence-electron chi connectivity index (χ1n) is 7.93. The quantitative estimate of drug-likeness (QED) is 0.624. The molecule has 1 aliphatic heterocycles. The second-order valence-corrected chi connectivity index (χ2v) is 6.41. The zero-order valence-electron chi connectivity index (χ0n) is 12.3. The monoisotopic (exact) mass is 270 g/mol. The number of hydrogen-bond acceptors (Lipinski definition) is 4. The van der Waals surface area contributed by atoms with Crippen molar-refractivity contribution in [2.24, 2.45) is 11.8 Å². The highest BCUT2D eigenvalue weighted by molar-refractivity contribution is 4.73. The lowest BCUT2D eigenvalue weighted by Gasteiger charge is -2.21. The van der Waals surface area contributed by atoms with E-state index >= 15 is 0 Å². The van der Waals surface area contributed by atoms with Crippen LogP contribution >= 0.6 is 0 Å². The van der Waals surface area contributed by atoms with Crippen LogP contribution in [0.3, 0.4) is 0 Å². The van der Waals surface area contributed by atoms with Crippen LogP contribution in [0.15, 0.2) is 0 Å². The highest BCUT2D eigenvalue weighted by Gasteiger charge is 2.21. The number of aliphatic hydroxyl groups excluding tert-OH is 1. The SMILES string of the molecule is CC(CNCC(O)COCC1CC1)CN1CCCC1. The molecule has 2 rings (SSSR count). The Morgan fingerprint density at radius 3 is 2.68 bits per heavy atom. The van der Waals surface area contributed by atoms with E-state index in [1.54, 1.807) is 0 Å². The van der Waals surface area contributed by atoms with Gasteiger partial charge in [0.05, 0.1) is 12.7 Å². The zero-order chi connectivity index (χ0) is 13.5. The summed E-state index contributed by atoms with van der Waals surface area (Å²) in [6.45, 7) is 8.93. The Kier molecular flexibility index (Phi) is 6.57. The molecule has 4 heteroatoms. The van der Waals surface area contributed by atoms with Crippen molar-refractivity contribution in [2.45, 2.75) is 38.7 Å². The van der Waals surface area contributed by atoms with Gasteiger partial charge in [-0.3, -0.25) is 0 Å². The molecule has 2 fully saturated rings. The van der Waals surface area contributed by atoms with E-state index in [1.165, 1.54) is 45.3 Å². The van der Waals surface area contributed by atoms with Gasteiger partial charge in [0, 0.05) is 19.7 Å². The highest BCUT2D eigenvalue weighted by atomic mass is 16.5. The Morgan fingerprint density at radius 2 is 2.00 bits per heavy atom. The normalized spacial score (nSPS) is 23.7. The molecule has 2 aliphatic rings. The molecule has 1 heterocycles. The third-order valence-electron chi connectivity index (χ3n) is 4.00. The van der Waals surface area contributed by atoms with E-state index in [4.69, 9.17) is 4.74 Å². The molecular formula is C15H30N2O2. The molecule has 2 atom stereocenters. The maximum atomic E-state index is 9.78. The fourth-order valence-electron chi connectivity index (χ4n) is 2.68. The van der Waals surface area contributed by atoms with Crippen molar-refractivity contribution in [2.75, 3.05) is 45.9 Å². The zero-order valence-corrected chi connectivity index (χ0v) is 12.3. The molecule has 4 nitrogen and oxygen atoms in total. The summed E-state index contributed by atoms with van der Waals surface area (Å²) in [4.78, 5) is 2.54. The summed E-state index contributed by atoms with van der Waals surface area (Å²) in [6.07, 6.45) is 4.97. The van der Waals surface area contributed by atoms with E-state index in [0.717, 1.165) is 19.1 Å². The molecule has 0 radical (unpaired) electrons. The lowest BCUT2D eigenvalue weighted by Crippen LogP contribution is -2.36. The smallest absolute Gasteiger partial charge is 0.0897 e. The number of aliphatic hydroxyl groups is 1. The number of hydrogen-bond donors (Lipinski definition) is 2. The summed E-state index contributed by atoms with van der Waals surface area (Å²) in [6, 6.07) is 0. The van der Waals surface area contributed by atoms with Crippen LogP contribution in [0, 0.1) is 11.8 Å². The number of nitrogens with one attached hydrogen (secondary N) is 1. The standard InChI is InChI=1S/C15H30N2O2/c1-13(10-17-6-2-3-7-17)8-16-9-15(18)12-19-11-14-4-5-14/h13-16,18H,2-12H2,1H3. The number of rotatable bonds is 10. The predicted molar refractivity (Wildman–Crippen MR) is 77.3 cm³/mol. The summed E-state index contributed by atoms with van der Waals surface area (Å²) in [7, 11) is 0. The third-order valence-corrected chi connectivity index (χ3v) is 4.00. The van der Waals surface area contributed by atoms with Gasteiger partial charge in [-0.1, -0.05) is 6.92 Å². The van der Waals surface area contributed by atoms with Crippen LogP contribution in [0.1, 0.15) is 32.6 Å². The largest absolute Gasteiger partial charge is 0.389 e. The minimum Gasteiger partial charge on any atom is -0.389 e. The summed E-state index contributed by atoms with van der Waals surface area (Å²) < 4.78 is 5.49. The minimum absolute atomic E-state index is 0.363. The van der Waals surface area contributed by atoms with Crippen molar-refractivity contribution in [1.29, 1.82) is 0 Å². The Labute approximate surface area is 117 Å². The lowest BCUT2D eigenvalue weighted by atomic mass is 10.1. The van der Waals surface area contributed by atoms with E-state index < -0.39 is 0 Å². The Bertz CT molecular complexity index is 240. The molecule has 1 saturated carbocycles. The van der Waals surface area contributed by atoms with Gasteiger partial charge in [0.1, 0.15) is 0 Å². The molecule has 19 heavy (non-hydrogen) atoms. The summed E-state index contributed by atoms with van der Waals surface area (Å²) in [5.41, 5.74) is 0. The molecular weight excluding hydrogens is 240 g/mol. The second kappa shape index (κ2) is 8.20. The van der Waals surface area contributed by atoms with Gasteiger partial charge >= 0.3 is 0 Å². The molecule has 112 valence electrons. The first-order chi connectivity index (χ1) is 9.24. The average molecular weight is 270 g/mol. The van der Waals surface area contributed by atoms with E-state index in [0.29, 0.717) is 19.1 Å². The Hall–Kier alpha value is -0.160. The van der Waals surface area contributed by atoms with Crippen molar-refractivity contribution >= 4 is 0 Å². The van der Waals surface area contributed by atoms with E-state index in [1.807, 2.05) is 0 Å². The fraction of sp³-hybridized carbons (Fsp3) is 1.00. The van der Waals surface area contributed by atoms with E-state index in [-0.39, 0.29) is 6.10 Å². The van der Waals surface area contributed by atoms with Crippen molar-refractivity contribution in [3.63, 3.8) is 0 Å². The van der Waals surface area contributed by atoms with Gasteiger partial charge < -0.3 is 20.1 Å². The van der Waals surface area contributed by atoms with Gasteiger partial charge in [-0.25, -0.2) is 0 Å². The average Bonchev–Trinajstić information content (AvgIpc) is 3.05. The molecule has 0 aromatic rings. The second-order valence-electron chi connectivity index (χ2n) is 6.41. The number of nitrogens with zero attached hydrogens (tertiary/aromatic N) is 1. The van der Waals surface area contributed by atoms with Crippen LogP contribution in [0.4, 0.5) is 0 Å². The molecule has 0 spiro atoms. The Morgan fingerprint density at radius 1 is 1.26 bits per heavy atom. The Balaban J connectivity index is 1.42. The van der Waals surface area contributed by atoms with E-state index in [9.17, 15) is 5.11 Å². The molecule has 0 bridgehead atoms. The maximum Gasteiger partial charge on any atom is 0.0897 e. The van der Waals surface area contributed by atoms with Crippen molar-refractivity contribution in [1.82, 2.24) is 10.2 Å². The van der Waals surface area contributed by atoms with Gasteiger partial charge in [0.2, 0.25) is 0 Å². The minimum atomic E-state index is -0.363. The van der Waals surface area contributed by atoms with Gasteiger partial charge in [-0.15, -0.1) is 0 Å². The molecule has 0 amide bonds. The van der Waals surface area contributed by atoms with Crippen LogP contribution in [0.25, 0.3) is 0 Å². The maximum absolute atomic E-state index is 9.78. The molecule has 0 aromatic heterocycles. The summed E-state index contributed by atoms with van der Waals surface area (Å²) in [5.74, 6) is 1.43. The first kappa shape index (κ1) is 15.2. The highest BCUT2D eigenvalue weighted by Crippen LogP contribution is 2.28. The van der Waals surface area contributed by atoms with Crippen LogP contribution < -0.4 is 5.32 Å². The lowest BCUT2D eigenvalue weighted by molar-refractivity contribution is 0.0321. The first-order valence-corrected chi connectivity index (χ1v) is 7.93.